The fourth-order valence-electron chi connectivity index (χ4n) is 3.82. The minimum atomic E-state index is -3.77. The van der Waals surface area contributed by atoms with Gasteiger partial charge in [0.2, 0.25) is 10.0 Å². The molecule has 3 atom stereocenters. The van der Waals surface area contributed by atoms with E-state index in [-0.39, 0.29) is 41.7 Å². The van der Waals surface area contributed by atoms with Gasteiger partial charge in [-0.1, -0.05) is 6.07 Å². The zero-order valence-electron chi connectivity index (χ0n) is 18.4. The molecule has 2 fully saturated rings. The number of carbonyl (C=O) groups excluding carboxylic acids is 2. The average Bonchev–Trinajstić information content (AvgIpc) is 2.73. The third-order valence-corrected chi connectivity index (χ3v) is 7.42. The highest BCUT2D eigenvalue weighted by molar-refractivity contribution is 7.89. The van der Waals surface area contributed by atoms with Crippen LogP contribution in [-0.2, 0) is 29.0 Å². The predicted molar refractivity (Wildman–Crippen MR) is 112 cm³/mol. The lowest BCUT2D eigenvalue weighted by molar-refractivity contribution is -0.151. The third-order valence-electron chi connectivity index (χ3n) is 5.37. The van der Waals surface area contributed by atoms with Gasteiger partial charge in [-0.05, 0) is 45.4 Å². The summed E-state index contributed by atoms with van der Waals surface area (Å²) in [5, 5.41) is 0. The van der Waals surface area contributed by atoms with Crippen LogP contribution in [-0.4, -0.2) is 87.2 Å². The Kier molecular flexibility index (Phi) is 7.35. The largest absolute Gasteiger partial charge is 0.449 e. The molecule has 2 heterocycles. The summed E-state index contributed by atoms with van der Waals surface area (Å²) in [6.07, 6.45) is -1.19. The van der Waals surface area contributed by atoms with Crippen LogP contribution in [0.1, 0.15) is 36.7 Å². The van der Waals surface area contributed by atoms with Gasteiger partial charge in [-0.2, -0.15) is 4.31 Å². The molecule has 0 aromatic heterocycles. The van der Waals surface area contributed by atoms with Crippen LogP contribution in [0.15, 0.2) is 23.1 Å². The van der Waals surface area contributed by atoms with Gasteiger partial charge in [-0.25, -0.2) is 13.2 Å². The number of nitrogens with zero attached hydrogens (tertiary/aromatic N) is 2. The van der Waals surface area contributed by atoms with E-state index in [2.05, 4.69) is 0 Å². The number of amides is 1. The summed E-state index contributed by atoms with van der Waals surface area (Å²) < 4.78 is 43.6. The second-order valence-electron chi connectivity index (χ2n) is 8.04. The molecule has 2 saturated heterocycles. The van der Waals surface area contributed by atoms with Gasteiger partial charge in [-0.3, -0.25) is 4.79 Å². The normalized spacial score (nSPS) is 23.9. The molecule has 2 aliphatic rings. The van der Waals surface area contributed by atoms with Crippen LogP contribution in [0.3, 0.4) is 0 Å². The first-order valence-electron chi connectivity index (χ1n) is 10.4. The molecular formula is C21H30N2O7S. The number of ether oxygens (including phenoxy) is 3. The Morgan fingerprint density at radius 3 is 2.35 bits per heavy atom. The number of carbonyl (C=O) groups is 2. The lowest BCUT2D eigenvalue weighted by Crippen LogP contribution is -2.51. The Morgan fingerprint density at radius 2 is 1.74 bits per heavy atom. The number of rotatable bonds is 5. The second-order valence-corrected chi connectivity index (χ2v) is 9.95. The highest BCUT2D eigenvalue weighted by Crippen LogP contribution is 2.23. The topological polar surface area (TPSA) is 102 Å². The zero-order valence-corrected chi connectivity index (χ0v) is 19.2. The summed E-state index contributed by atoms with van der Waals surface area (Å²) in [5.74, 6) is -1.04. The molecule has 1 aromatic rings. The fraction of sp³-hybridized carbons (Fsp3) is 0.619. The van der Waals surface area contributed by atoms with E-state index >= 15 is 0 Å². The molecule has 10 heteroatoms. The van der Waals surface area contributed by atoms with Crippen LogP contribution >= 0.6 is 0 Å². The molecule has 0 aliphatic carbocycles. The van der Waals surface area contributed by atoms with Crippen LogP contribution in [0.4, 0.5) is 0 Å². The van der Waals surface area contributed by atoms with Gasteiger partial charge in [0.05, 0.1) is 35.9 Å². The Bertz CT molecular complexity index is 918. The quantitative estimate of drug-likeness (QED) is 0.616. The molecule has 9 nitrogen and oxygen atoms in total. The van der Waals surface area contributed by atoms with Crippen molar-refractivity contribution in [2.45, 2.75) is 50.9 Å². The summed E-state index contributed by atoms with van der Waals surface area (Å²) >= 11 is 0. The monoisotopic (exact) mass is 454 g/mol. The Hall–Kier alpha value is -2.01. The summed E-state index contributed by atoms with van der Waals surface area (Å²) in [4.78, 5) is 27.1. The predicted octanol–water partition coefficient (Wildman–Crippen LogP) is 1.20. The van der Waals surface area contributed by atoms with E-state index in [9.17, 15) is 18.0 Å². The maximum atomic E-state index is 13.0. The highest BCUT2D eigenvalue weighted by atomic mass is 32.2. The van der Waals surface area contributed by atoms with Gasteiger partial charge in [0.1, 0.15) is 0 Å². The number of esters is 1. The minimum absolute atomic E-state index is 0.0543. The van der Waals surface area contributed by atoms with E-state index in [1.807, 2.05) is 13.8 Å². The van der Waals surface area contributed by atoms with Crippen molar-refractivity contribution in [3.8, 4) is 0 Å². The number of benzene rings is 1. The molecule has 0 saturated carbocycles. The van der Waals surface area contributed by atoms with Gasteiger partial charge in [0.15, 0.2) is 6.10 Å². The Morgan fingerprint density at radius 1 is 1.13 bits per heavy atom. The SMILES string of the molecule is Cc1ccc(C(=O)OC(C)C(=O)N2CC(C)OC(C)C2)cc1S(=O)(=O)N1CCOCC1. The third kappa shape index (κ3) is 5.43. The standard InChI is InChI=1S/C21H30N2O7S/c1-14-5-6-18(11-19(14)31(26,27)23-7-9-28-10-8-23)21(25)30-17(4)20(24)22-12-15(2)29-16(3)13-22/h5-6,11,15-17H,7-10,12-13H2,1-4H3. The van der Waals surface area contributed by atoms with Crippen LogP contribution in [0.25, 0.3) is 0 Å². The van der Waals surface area contributed by atoms with Crippen molar-refractivity contribution in [1.82, 2.24) is 9.21 Å². The van der Waals surface area contributed by atoms with Crippen LogP contribution in [0.2, 0.25) is 0 Å². The number of hydrogen-bond donors (Lipinski definition) is 0. The summed E-state index contributed by atoms with van der Waals surface area (Å²) in [7, 11) is -3.77. The van der Waals surface area contributed by atoms with Gasteiger partial charge in [0.25, 0.3) is 5.91 Å². The molecule has 1 aromatic carbocycles. The number of aryl methyl sites for hydroxylation is 1. The summed E-state index contributed by atoms with van der Waals surface area (Å²) in [6, 6.07) is 4.40. The van der Waals surface area contributed by atoms with Crippen LogP contribution in [0.5, 0.6) is 0 Å². The first-order chi connectivity index (χ1) is 14.6. The lowest BCUT2D eigenvalue weighted by atomic mass is 10.1. The van der Waals surface area contributed by atoms with Crippen molar-refractivity contribution in [3.05, 3.63) is 29.3 Å². The molecule has 2 aliphatic heterocycles. The van der Waals surface area contributed by atoms with Crippen molar-refractivity contribution < 1.29 is 32.2 Å². The number of hydrogen-bond acceptors (Lipinski definition) is 7. The minimum Gasteiger partial charge on any atom is -0.449 e. The van der Waals surface area contributed by atoms with Crippen molar-refractivity contribution in [3.63, 3.8) is 0 Å². The molecule has 31 heavy (non-hydrogen) atoms. The molecule has 0 bridgehead atoms. The fourth-order valence-corrected chi connectivity index (χ4v) is 5.48. The van der Waals surface area contributed by atoms with Gasteiger partial charge in [0, 0.05) is 26.2 Å². The van der Waals surface area contributed by atoms with E-state index in [0.717, 1.165) is 0 Å². The van der Waals surface area contributed by atoms with Crippen molar-refractivity contribution in [1.29, 1.82) is 0 Å². The molecule has 0 spiro atoms. The number of morpholine rings is 2. The Labute approximate surface area is 183 Å². The van der Waals surface area contributed by atoms with Gasteiger partial charge < -0.3 is 19.1 Å². The summed E-state index contributed by atoms with van der Waals surface area (Å²) in [6.45, 7) is 9.01. The van der Waals surface area contributed by atoms with Gasteiger partial charge in [-0.15, -0.1) is 0 Å². The first kappa shape index (κ1) is 23.6. The van der Waals surface area contributed by atoms with E-state index < -0.39 is 22.1 Å². The number of sulfonamides is 1. The maximum Gasteiger partial charge on any atom is 0.338 e. The van der Waals surface area contributed by atoms with Gasteiger partial charge >= 0.3 is 5.97 Å². The van der Waals surface area contributed by atoms with Crippen LogP contribution < -0.4 is 0 Å². The van der Waals surface area contributed by atoms with Crippen molar-refractivity contribution in [2.24, 2.45) is 0 Å². The van der Waals surface area contributed by atoms with E-state index in [0.29, 0.717) is 31.9 Å². The van der Waals surface area contributed by atoms with E-state index in [1.54, 1.807) is 17.9 Å². The lowest BCUT2D eigenvalue weighted by Gasteiger charge is -2.36. The summed E-state index contributed by atoms with van der Waals surface area (Å²) in [5.41, 5.74) is 0.615. The molecule has 172 valence electrons. The maximum absolute atomic E-state index is 13.0. The first-order valence-corrected chi connectivity index (χ1v) is 11.9. The molecule has 0 N–H and O–H groups in total. The van der Waals surface area contributed by atoms with E-state index in [4.69, 9.17) is 14.2 Å². The molecular weight excluding hydrogens is 424 g/mol. The Balaban J connectivity index is 1.73. The van der Waals surface area contributed by atoms with Crippen molar-refractivity contribution in [2.75, 3.05) is 39.4 Å². The van der Waals surface area contributed by atoms with Crippen molar-refractivity contribution >= 4 is 21.9 Å². The molecule has 3 unspecified atom stereocenters. The van der Waals surface area contributed by atoms with Crippen LogP contribution in [0, 0.1) is 6.92 Å². The average molecular weight is 455 g/mol. The second kappa shape index (κ2) is 9.64. The molecule has 3 rings (SSSR count). The smallest absolute Gasteiger partial charge is 0.338 e. The highest BCUT2D eigenvalue weighted by Gasteiger charge is 2.32. The molecule has 0 radical (unpaired) electrons. The zero-order chi connectivity index (χ0) is 22.8. The molecule has 1 amide bonds. The van der Waals surface area contributed by atoms with E-state index in [1.165, 1.54) is 23.4 Å².